The zero-order valence-corrected chi connectivity index (χ0v) is 11.9. The molecule has 19 heavy (non-hydrogen) atoms. The molecule has 1 aromatic rings. The van der Waals surface area contributed by atoms with Gasteiger partial charge in [0.25, 0.3) is 0 Å². The van der Waals surface area contributed by atoms with Crippen LogP contribution in [0, 0.1) is 0 Å². The fraction of sp³-hybridized carbons (Fsp3) is 0.571. The van der Waals surface area contributed by atoms with Gasteiger partial charge < -0.3 is 24.1 Å². The largest absolute Gasteiger partial charge is 0.493 e. The summed E-state index contributed by atoms with van der Waals surface area (Å²) in [5.74, 6) is 1.22. The van der Waals surface area contributed by atoms with Crippen LogP contribution in [0.2, 0.25) is 0 Å². The van der Waals surface area contributed by atoms with Gasteiger partial charge in [0, 0.05) is 7.11 Å². The monoisotopic (exact) mass is 270 g/mol. The molecule has 0 radical (unpaired) electrons. The summed E-state index contributed by atoms with van der Waals surface area (Å²) in [6.07, 6.45) is -0.765. The molecule has 0 bridgehead atoms. The number of aliphatic hydroxyl groups is 1. The molecule has 1 rings (SSSR count). The van der Waals surface area contributed by atoms with Gasteiger partial charge in [-0.05, 0) is 24.6 Å². The standard InChI is InChI=1S/C14H22O5/c1-10(8-16-2)19-9-12(15)11-5-6-13(17-3)14(7-11)18-4/h5-7,10,12,15H,8-9H2,1-4H3. The third kappa shape index (κ3) is 4.70. The molecule has 0 amide bonds. The van der Waals surface area contributed by atoms with E-state index in [0.29, 0.717) is 18.1 Å². The predicted octanol–water partition coefficient (Wildman–Crippen LogP) is 1.79. The Morgan fingerprint density at radius 2 is 1.74 bits per heavy atom. The lowest BCUT2D eigenvalue weighted by molar-refractivity contribution is -0.0326. The first-order valence-corrected chi connectivity index (χ1v) is 6.12. The fourth-order valence-electron chi connectivity index (χ4n) is 1.69. The molecule has 0 fully saturated rings. The summed E-state index contributed by atoms with van der Waals surface area (Å²) in [6.45, 7) is 2.60. The molecule has 1 N–H and O–H groups in total. The van der Waals surface area contributed by atoms with E-state index in [1.54, 1.807) is 39.5 Å². The molecule has 2 atom stereocenters. The predicted molar refractivity (Wildman–Crippen MR) is 71.8 cm³/mol. The van der Waals surface area contributed by atoms with Crippen molar-refractivity contribution in [3.8, 4) is 11.5 Å². The Hall–Kier alpha value is -1.30. The first kappa shape index (κ1) is 15.8. The van der Waals surface area contributed by atoms with Gasteiger partial charge in [0.05, 0.1) is 33.5 Å². The van der Waals surface area contributed by atoms with Crippen molar-refractivity contribution in [2.75, 3.05) is 34.5 Å². The van der Waals surface area contributed by atoms with E-state index in [1.165, 1.54) is 0 Å². The van der Waals surface area contributed by atoms with E-state index in [0.717, 1.165) is 5.56 Å². The lowest BCUT2D eigenvalue weighted by Crippen LogP contribution is -2.18. The molecule has 5 heteroatoms. The van der Waals surface area contributed by atoms with Crippen molar-refractivity contribution >= 4 is 0 Å². The average Bonchev–Trinajstić information content (AvgIpc) is 2.44. The van der Waals surface area contributed by atoms with Gasteiger partial charge in [0.1, 0.15) is 6.10 Å². The minimum atomic E-state index is -0.709. The van der Waals surface area contributed by atoms with Crippen molar-refractivity contribution < 1.29 is 24.1 Å². The van der Waals surface area contributed by atoms with Crippen molar-refractivity contribution in [2.24, 2.45) is 0 Å². The zero-order valence-electron chi connectivity index (χ0n) is 11.9. The second kappa shape index (κ2) is 7.99. The maximum Gasteiger partial charge on any atom is 0.161 e. The van der Waals surface area contributed by atoms with Crippen LogP contribution in [0.3, 0.4) is 0 Å². The molecule has 1 aromatic carbocycles. The second-order valence-corrected chi connectivity index (χ2v) is 4.23. The highest BCUT2D eigenvalue weighted by Gasteiger charge is 2.13. The SMILES string of the molecule is COCC(C)OCC(O)c1ccc(OC)c(OC)c1. The molecule has 0 heterocycles. The van der Waals surface area contributed by atoms with Crippen LogP contribution in [-0.4, -0.2) is 45.8 Å². The van der Waals surface area contributed by atoms with Crippen molar-refractivity contribution in [3.63, 3.8) is 0 Å². The zero-order chi connectivity index (χ0) is 14.3. The molecular formula is C14H22O5. The van der Waals surface area contributed by atoms with E-state index in [2.05, 4.69) is 0 Å². The number of hydrogen-bond donors (Lipinski definition) is 1. The smallest absolute Gasteiger partial charge is 0.161 e. The Morgan fingerprint density at radius 1 is 1.05 bits per heavy atom. The first-order valence-electron chi connectivity index (χ1n) is 6.12. The van der Waals surface area contributed by atoms with Crippen LogP contribution >= 0.6 is 0 Å². The summed E-state index contributed by atoms with van der Waals surface area (Å²) < 4.78 is 20.8. The Bertz CT molecular complexity index is 380. The van der Waals surface area contributed by atoms with Crippen molar-refractivity contribution in [3.05, 3.63) is 23.8 Å². The van der Waals surface area contributed by atoms with E-state index < -0.39 is 6.10 Å². The molecule has 108 valence electrons. The molecule has 0 aliphatic heterocycles. The second-order valence-electron chi connectivity index (χ2n) is 4.23. The summed E-state index contributed by atoms with van der Waals surface area (Å²) >= 11 is 0. The van der Waals surface area contributed by atoms with E-state index in [-0.39, 0.29) is 12.7 Å². The topological polar surface area (TPSA) is 57.2 Å². The summed E-state index contributed by atoms with van der Waals surface area (Å²) in [5, 5.41) is 10.1. The van der Waals surface area contributed by atoms with Crippen molar-refractivity contribution in [1.82, 2.24) is 0 Å². The Morgan fingerprint density at radius 3 is 2.32 bits per heavy atom. The highest BCUT2D eigenvalue weighted by molar-refractivity contribution is 5.43. The van der Waals surface area contributed by atoms with Crippen molar-refractivity contribution in [2.45, 2.75) is 19.1 Å². The highest BCUT2D eigenvalue weighted by atomic mass is 16.5. The highest BCUT2D eigenvalue weighted by Crippen LogP contribution is 2.30. The van der Waals surface area contributed by atoms with Gasteiger partial charge in [-0.3, -0.25) is 0 Å². The van der Waals surface area contributed by atoms with Crippen LogP contribution in [0.15, 0.2) is 18.2 Å². The molecule has 0 aliphatic carbocycles. The van der Waals surface area contributed by atoms with Gasteiger partial charge in [0.2, 0.25) is 0 Å². The summed E-state index contributed by atoms with van der Waals surface area (Å²) in [6, 6.07) is 5.29. The van der Waals surface area contributed by atoms with Crippen LogP contribution in [0.1, 0.15) is 18.6 Å². The van der Waals surface area contributed by atoms with Gasteiger partial charge in [0.15, 0.2) is 11.5 Å². The Kier molecular flexibility index (Phi) is 6.62. The molecule has 0 aromatic heterocycles. The van der Waals surface area contributed by atoms with Gasteiger partial charge in [-0.1, -0.05) is 6.07 Å². The van der Waals surface area contributed by atoms with E-state index in [4.69, 9.17) is 18.9 Å². The third-order valence-electron chi connectivity index (χ3n) is 2.73. The minimum absolute atomic E-state index is 0.0557. The number of hydrogen-bond acceptors (Lipinski definition) is 5. The van der Waals surface area contributed by atoms with Gasteiger partial charge in [-0.15, -0.1) is 0 Å². The van der Waals surface area contributed by atoms with Gasteiger partial charge >= 0.3 is 0 Å². The van der Waals surface area contributed by atoms with Crippen LogP contribution in [0.4, 0.5) is 0 Å². The van der Waals surface area contributed by atoms with Crippen LogP contribution in [-0.2, 0) is 9.47 Å². The fourth-order valence-corrected chi connectivity index (χ4v) is 1.69. The minimum Gasteiger partial charge on any atom is -0.493 e. The quantitative estimate of drug-likeness (QED) is 0.780. The van der Waals surface area contributed by atoms with E-state index in [1.807, 2.05) is 6.92 Å². The van der Waals surface area contributed by atoms with E-state index in [9.17, 15) is 5.11 Å². The molecular weight excluding hydrogens is 248 g/mol. The molecule has 0 saturated carbocycles. The lowest BCUT2D eigenvalue weighted by atomic mass is 10.1. The summed E-state index contributed by atoms with van der Waals surface area (Å²) in [5.41, 5.74) is 0.724. The van der Waals surface area contributed by atoms with Gasteiger partial charge in [-0.25, -0.2) is 0 Å². The average molecular weight is 270 g/mol. The Balaban J connectivity index is 2.64. The molecule has 0 spiro atoms. The number of benzene rings is 1. The number of rotatable bonds is 8. The van der Waals surface area contributed by atoms with Crippen LogP contribution in [0.25, 0.3) is 0 Å². The summed E-state index contributed by atoms with van der Waals surface area (Å²) in [7, 11) is 4.75. The summed E-state index contributed by atoms with van der Waals surface area (Å²) in [4.78, 5) is 0. The molecule has 2 unspecified atom stereocenters. The molecule has 0 aliphatic rings. The third-order valence-corrected chi connectivity index (χ3v) is 2.73. The number of aliphatic hydroxyl groups excluding tert-OH is 1. The van der Waals surface area contributed by atoms with Gasteiger partial charge in [-0.2, -0.15) is 0 Å². The normalized spacial score (nSPS) is 13.9. The maximum atomic E-state index is 10.1. The number of methoxy groups -OCH3 is 3. The first-order chi connectivity index (χ1) is 9.12. The Labute approximate surface area is 114 Å². The lowest BCUT2D eigenvalue weighted by Gasteiger charge is -2.17. The van der Waals surface area contributed by atoms with Crippen molar-refractivity contribution in [1.29, 1.82) is 0 Å². The maximum absolute atomic E-state index is 10.1. The van der Waals surface area contributed by atoms with E-state index >= 15 is 0 Å². The molecule has 5 nitrogen and oxygen atoms in total. The van der Waals surface area contributed by atoms with Crippen LogP contribution < -0.4 is 9.47 Å². The van der Waals surface area contributed by atoms with Crippen LogP contribution in [0.5, 0.6) is 11.5 Å². The number of ether oxygens (including phenoxy) is 4. The molecule has 0 saturated heterocycles.